The predicted molar refractivity (Wildman–Crippen MR) is 55.5 cm³/mol. The first kappa shape index (κ1) is 11.0. The Kier molecular flexibility index (Phi) is 3.14. The molecule has 4 nitrogen and oxygen atoms in total. The van der Waals surface area contributed by atoms with Crippen LogP contribution in [0.25, 0.3) is 0 Å². The molecule has 5 heteroatoms. The van der Waals surface area contributed by atoms with Gasteiger partial charge in [0.25, 0.3) is 5.91 Å². The Morgan fingerprint density at radius 3 is 3.19 bits per heavy atom. The van der Waals surface area contributed by atoms with Crippen LogP contribution < -0.4 is 0 Å². The Morgan fingerprint density at radius 2 is 2.50 bits per heavy atom. The van der Waals surface area contributed by atoms with Gasteiger partial charge in [-0.05, 0) is 19.1 Å². The van der Waals surface area contributed by atoms with Crippen LogP contribution in [0.1, 0.15) is 17.3 Å². The van der Waals surface area contributed by atoms with Gasteiger partial charge in [0.2, 0.25) is 5.95 Å². The minimum absolute atomic E-state index is 0.0243. The maximum Gasteiger partial charge on any atom is 0.258 e. The highest BCUT2D eigenvalue weighted by Gasteiger charge is 2.26. The molecule has 0 spiro atoms. The molecule has 0 aromatic carbocycles. The molecule has 1 aliphatic rings. The van der Waals surface area contributed by atoms with Gasteiger partial charge in [-0.25, -0.2) is 4.98 Å². The summed E-state index contributed by atoms with van der Waals surface area (Å²) >= 11 is 0. The van der Waals surface area contributed by atoms with Crippen LogP contribution in [-0.2, 0) is 4.74 Å². The van der Waals surface area contributed by atoms with Crippen LogP contribution in [0.3, 0.4) is 0 Å². The Labute approximate surface area is 93.0 Å². The van der Waals surface area contributed by atoms with Crippen molar-refractivity contribution in [1.29, 1.82) is 0 Å². The summed E-state index contributed by atoms with van der Waals surface area (Å²) in [4.78, 5) is 17.1. The van der Waals surface area contributed by atoms with Crippen molar-refractivity contribution in [3.63, 3.8) is 0 Å². The normalized spacial score (nSPS) is 20.9. The monoisotopic (exact) mass is 224 g/mol. The molecule has 1 aromatic rings. The first-order valence-electron chi connectivity index (χ1n) is 5.19. The van der Waals surface area contributed by atoms with E-state index in [-0.39, 0.29) is 17.5 Å². The van der Waals surface area contributed by atoms with Crippen molar-refractivity contribution in [2.45, 2.75) is 13.0 Å². The topological polar surface area (TPSA) is 42.4 Å². The molecule has 1 saturated heterocycles. The van der Waals surface area contributed by atoms with Gasteiger partial charge in [-0.15, -0.1) is 0 Å². The van der Waals surface area contributed by atoms with E-state index >= 15 is 0 Å². The second-order valence-corrected chi connectivity index (χ2v) is 3.76. The van der Waals surface area contributed by atoms with E-state index in [1.165, 1.54) is 12.3 Å². The summed E-state index contributed by atoms with van der Waals surface area (Å²) in [7, 11) is 0. The van der Waals surface area contributed by atoms with E-state index in [9.17, 15) is 9.18 Å². The zero-order valence-corrected chi connectivity index (χ0v) is 9.02. The summed E-state index contributed by atoms with van der Waals surface area (Å²) < 4.78 is 18.6. The minimum atomic E-state index is -0.716. The van der Waals surface area contributed by atoms with Crippen LogP contribution in [-0.4, -0.2) is 41.6 Å². The molecule has 2 heterocycles. The zero-order valence-electron chi connectivity index (χ0n) is 9.02. The molecule has 2 rings (SSSR count). The van der Waals surface area contributed by atoms with Crippen LogP contribution in [0.4, 0.5) is 4.39 Å². The summed E-state index contributed by atoms with van der Waals surface area (Å²) in [6.45, 7) is 3.37. The first-order valence-corrected chi connectivity index (χ1v) is 5.19. The Morgan fingerprint density at radius 1 is 1.69 bits per heavy atom. The highest BCUT2D eigenvalue weighted by molar-refractivity contribution is 5.94. The third-order valence-electron chi connectivity index (χ3n) is 2.62. The maximum atomic E-state index is 13.3. The molecule has 0 unspecified atom stereocenters. The minimum Gasteiger partial charge on any atom is -0.377 e. The number of aromatic nitrogens is 1. The molecule has 1 aliphatic heterocycles. The standard InChI is InChI=1S/C11H13FN2O2/c1-8-7-16-6-5-14(8)11(15)9-3-2-4-13-10(9)12/h2-4,8H,5-7H2,1H3/t8-/m1/s1. The van der Waals surface area contributed by atoms with Gasteiger partial charge in [-0.3, -0.25) is 4.79 Å². The number of pyridine rings is 1. The van der Waals surface area contributed by atoms with Gasteiger partial charge in [-0.1, -0.05) is 0 Å². The fourth-order valence-corrected chi connectivity index (χ4v) is 1.73. The van der Waals surface area contributed by atoms with Gasteiger partial charge < -0.3 is 9.64 Å². The molecule has 0 N–H and O–H groups in total. The molecule has 1 fully saturated rings. The van der Waals surface area contributed by atoms with Gasteiger partial charge >= 0.3 is 0 Å². The van der Waals surface area contributed by atoms with Crippen molar-refractivity contribution in [3.05, 3.63) is 29.8 Å². The average molecular weight is 224 g/mol. The SMILES string of the molecule is C[C@@H]1COCCN1C(=O)c1cccnc1F. The Bertz CT molecular complexity index is 397. The molecule has 0 bridgehead atoms. The van der Waals surface area contributed by atoms with Gasteiger partial charge in [0.1, 0.15) is 0 Å². The fraction of sp³-hybridized carbons (Fsp3) is 0.455. The third-order valence-corrected chi connectivity index (χ3v) is 2.62. The van der Waals surface area contributed by atoms with Crippen LogP contribution >= 0.6 is 0 Å². The molecule has 16 heavy (non-hydrogen) atoms. The number of amides is 1. The third kappa shape index (κ3) is 2.04. The molecule has 0 radical (unpaired) electrons. The lowest BCUT2D eigenvalue weighted by Gasteiger charge is -2.33. The van der Waals surface area contributed by atoms with Crippen molar-refractivity contribution in [2.24, 2.45) is 0 Å². The summed E-state index contributed by atoms with van der Waals surface area (Å²) in [5.74, 6) is -1.03. The molecule has 1 aromatic heterocycles. The van der Waals surface area contributed by atoms with Crippen LogP contribution in [0.15, 0.2) is 18.3 Å². The summed E-state index contributed by atoms with van der Waals surface area (Å²) in [6, 6.07) is 2.98. The first-order chi connectivity index (χ1) is 7.70. The lowest BCUT2D eigenvalue weighted by Crippen LogP contribution is -2.47. The van der Waals surface area contributed by atoms with Crippen molar-refractivity contribution >= 4 is 5.91 Å². The number of nitrogens with zero attached hydrogens (tertiary/aromatic N) is 2. The molecular formula is C11H13FN2O2. The van der Waals surface area contributed by atoms with Gasteiger partial charge in [0.05, 0.1) is 24.8 Å². The molecule has 0 saturated carbocycles. The number of halogens is 1. The number of hydrogen-bond acceptors (Lipinski definition) is 3. The predicted octanol–water partition coefficient (Wildman–Crippen LogP) is 1.08. The van der Waals surface area contributed by atoms with Crippen molar-refractivity contribution in [2.75, 3.05) is 19.8 Å². The molecule has 86 valence electrons. The average Bonchev–Trinajstić information content (AvgIpc) is 2.29. The molecule has 1 atom stereocenters. The molecule has 1 amide bonds. The zero-order chi connectivity index (χ0) is 11.5. The Hall–Kier alpha value is -1.49. The fourth-order valence-electron chi connectivity index (χ4n) is 1.73. The van der Waals surface area contributed by atoms with E-state index in [2.05, 4.69) is 4.98 Å². The quantitative estimate of drug-likeness (QED) is 0.670. The number of ether oxygens (including phenoxy) is 1. The second kappa shape index (κ2) is 4.57. The lowest BCUT2D eigenvalue weighted by atomic mass is 10.2. The van der Waals surface area contributed by atoms with Gasteiger partial charge in [0, 0.05) is 12.7 Å². The van der Waals surface area contributed by atoms with E-state index in [1.807, 2.05) is 6.92 Å². The summed E-state index contributed by atoms with van der Waals surface area (Å²) in [5, 5.41) is 0. The van der Waals surface area contributed by atoms with Gasteiger partial charge in [0.15, 0.2) is 0 Å². The highest BCUT2D eigenvalue weighted by Crippen LogP contribution is 2.13. The second-order valence-electron chi connectivity index (χ2n) is 3.76. The lowest BCUT2D eigenvalue weighted by molar-refractivity contribution is 0.00330. The number of hydrogen-bond donors (Lipinski definition) is 0. The van der Waals surface area contributed by atoms with E-state index in [0.717, 1.165) is 0 Å². The van der Waals surface area contributed by atoms with E-state index < -0.39 is 5.95 Å². The van der Waals surface area contributed by atoms with Gasteiger partial charge in [-0.2, -0.15) is 4.39 Å². The van der Waals surface area contributed by atoms with Crippen molar-refractivity contribution < 1.29 is 13.9 Å². The highest BCUT2D eigenvalue weighted by atomic mass is 19.1. The largest absolute Gasteiger partial charge is 0.377 e. The van der Waals surface area contributed by atoms with E-state index in [4.69, 9.17) is 4.74 Å². The number of carbonyl (C=O) groups excluding carboxylic acids is 1. The number of rotatable bonds is 1. The molecule has 0 aliphatic carbocycles. The number of morpholine rings is 1. The van der Waals surface area contributed by atoms with E-state index in [0.29, 0.717) is 19.8 Å². The molecular weight excluding hydrogens is 211 g/mol. The number of carbonyl (C=O) groups is 1. The van der Waals surface area contributed by atoms with Crippen LogP contribution in [0.2, 0.25) is 0 Å². The van der Waals surface area contributed by atoms with Crippen LogP contribution in [0, 0.1) is 5.95 Å². The maximum absolute atomic E-state index is 13.3. The van der Waals surface area contributed by atoms with E-state index in [1.54, 1.807) is 11.0 Å². The summed E-state index contributed by atoms with van der Waals surface area (Å²) in [6.07, 6.45) is 1.33. The smallest absolute Gasteiger partial charge is 0.258 e. The summed E-state index contributed by atoms with van der Waals surface area (Å²) in [5.41, 5.74) is 0.0243. The van der Waals surface area contributed by atoms with Crippen LogP contribution in [0.5, 0.6) is 0 Å². The van der Waals surface area contributed by atoms with Crippen molar-refractivity contribution in [1.82, 2.24) is 9.88 Å². The Balaban J connectivity index is 2.21. The van der Waals surface area contributed by atoms with Crippen molar-refractivity contribution in [3.8, 4) is 0 Å².